The number of methoxy groups -OCH3 is 2. The number of phenols is 1. The predicted octanol–water partition coefficient (Wildman–Crippen LogP) is 1.13. The summed E-state index contributed by atoms with van der Waals surface area (Å²) in [6.07, 6.45) is -0.482. The van der Waals surface area contributed by atoms with E-state index < -0.39 is 12.3 Å². The maximum absolute atomic E-state index is 11.4. The zero-order valence-corrected chi connectivity index (χ0v) is 9.77. The monoisotopic (exact) mass is 240 g/mol. The van der Waals surface area contributed by atoms with E-state index in [4.69, 9.17) is 9.47 Å². The number of ether oxygens (including phenoxy) is 2. The van der Waals surface area contributed by atoms with Gasteiger partial charge in [0.05, 0.1) is 6.54 Å². The third-order valence-electron chi connectivity index (χ3n) is 2.06. The standard InChI is InChI=1S/C11H16N2O4/c1-16-10(17-2)7-12-11(15)13-8-4-3-5-9(14)6-8/h3-6,10,14H,7H2,1-2H3,(H2,12,13,15). The minimum atomic E-state index is -0.482. The van der Waals surface area contributed by atoms with Crippen molar-refractivity contribution in [1.29, 1.82) is 0 Å². The van der Waals surface area contributed by atoms with Crippen molar-refractivity contribution in [1.82, 2.24) is 5.32 Å². The van der Waals surface area contributed by atoms with E-state index in [0.717, 1.165) is 0 Å². The highest BCUT2D eigenvalue weighted by Crippen LogP contribution is 2.14. The van der Waals surface area contributed by atoms with E-state index in [9.17, 15) is 9.90 Å². The number of anilines is 1. The van der Waals surface area contributed by atoms with Crippen LogP contribution in [0.25, 0.3) is 0 Å². The Morgan fingerprint density at radius 3 is 2.71 bits per heavy atom. The maximum Gasteiger partial charge on any atom is 0.319 e. The molecule has 0 radical (unpaired) electrons. The van der Waals surface area contributed by atoms with E-state index in [1.54, 1.807) is 12.1 Å². The number of carbonyl (C=O) groups is 1. The highest BCUT2D eigenvalue weighted by Gasteiger charge is 2.07. The van der Waals surface area contributed by atoms with Crippen LogP contribution in [0.3, 0.4) is 0 Å². The van der Waals surface area contributed by atoms with Crippen LogP contribution in [0.4, 0.5) is 10.5 Å². The van der Waals surface area contributed by atoms with Crippen molar-refractivity contribution in [2.75, 3.05) is 26.1 Å². The molecule has 0 aromatic heterocycles. The van der Waals surface area contributed by atoms with Gasteiger partial charge in [0.1, 0.15) is 5.75 Å². The molecule has 0 atom stereocenters. The largest absolute Gasteiger partial charge is 0.508 e. The first kappa shape index (κ1) is 13.3. The summed E-state index contributed by atoms with van der Waals surface area (Å²) < 4.78 is 9.83. The average Bonchev–Trinajstić information content (AvgIpc) is 2.30. The first-order chi connectivity index (χ1) is 8.15. The molecule has 0 aliphatic carbocycles. The molecule has 0 saturated heterocycles. The normalized spacial score (nSPS) is 10.3. The fourth-order valence-corrected chi connectivity index (χ4v) is 1.20. The minimum Gasteiger partial charge on any atom is -0.508 e. The smallest absolute Gasteiger partial charge is 0.319 e. The molecule has 0 bridgehead atoms. The van der Waals surface area contributed by atoms with Crippen LogP contribution < -0.4 is 10.6 Å². The van der Waals surface area contributed by atoms with Gasteiger partial charge in [-0.25, -0.2) is 4.79 Å². The van der Waals surface area contributed by atoms with Gasteiger partial charge in [-0.3, -0.25) is 0 Å². The first-order valence-electron chi connectivity index (χ1n) is 5.05. The van der Waals surface area contributed by atoms with Crippen LogP contribution >= 0.6 is 0 Å². The molecule has 3 N–H and O–H groups in total. The second-order valence-electron chi connectivity index (χ2n) is 3.29. The highest BCUT2D eigenvalue weighted by molar-refractivity contribution is 5.89. The second kappa shape index (κ2) is 6.72. The lowest BCUT2D eigenvalue weighted by Crippen LogP contribution is -2.36. The summed E-state index contributed by atoms with van der Waals surface area (Å²) in [6, 6.07) is 5.88. The van der Waals surface area contributed by atoms with Crippen LogP contribution in [0.15, 0.2) is 24.3 Å². The number of carbonyl (C=O) groups excluding carboxylic acids is 1. The lowest BCUT2D eigenvalue weighted by molar-refractivity contribution is -0.0970. The summed E-state index contributed by atoms with van der Waals surface area (Å²) in [5, 5.41) is 14.3. The number of hydrogen-bond donors (Lipinski definition) is 3. The maximum atomic E-state index is 11.4. The molecule has 6 nitrogen and oxygen atoms in total. The van der Waals surface area contributed by atoms with Gasteiger partial charge in [0.2, 0.25) is 0 Å². The zero-order valence-electron chi connectivity index (χ0n) is 9.77. The Bertz CT molecular complexity index is 366. The molecule has 2 amide bonds. The molecule has 0 aliphatic rings. The van der Waals surface area contributed by atoms with Crippen LogP contribution in [0.1, 0.15) is 0 Å². The molecular weight excluding hydrogens is 224 g/mol. The lowest BCUT2D eigenvalue weighted by atomic mass is 10.3. The summed E-state index contributed by atoms with van der Waals surface area (Å²) in [4.78, 5) is 11.4. The summed E-state index contributed by atoms with van der Waals surface area (Å²) in [7, 11) is 2.98. The van der Waals surface area contributed by atoms with E-state index in [-0.39, 0.29) is 12.3 Å². The Morgan fingerprint density at radius 2 is 2.12 bits per heavy atom. The molecule has 1 rings (SSSR count). The van der Waals surface area contributed by atoms with E-state index >= 15 is 0 Å². The van der Waals surface area contributed by atoms with Crippen LogP contribution in [-0.2, 0) is 9.47 Å². The van der Waals surface area contributed by atoms with Gasteiger partial charge in [-0.15, -0.1) is 0 Å². The second-order valence-corrected chi connectivity index (χ2v) is 3.29. The molecule has 0 heterocycles. The number of phenolic OH excluding ortho intramolecular Hbond substituents is 1. The number of aromatic hydroxyl groups is 1. The third kappa shape index (κ3) is 4.71. The Kier molecular flexibility index (Phi) is 5.25. The zero-order chi connectivity index (χ0) is 12.7. The van der Waals surface area contributed by atoms with E-state index in [1.807, 2.05) is 0 Å². The van der Waals surface area contributed by atoms with Gasteiger partial charge in [0.25, 0.3) is 0 Å². The number of urea groups is 1. The quantitative estimate of drug-likeness (QED) is 0.674. The van der Waals surface area contributed by atoms with E-state index in [0.29, 0.717) is 5.69 Å². The average molecular weight is 240 g/mol. The molecule has 0 spiro atoms. The minimum absolute atomic E-state index is 0.0921. The van der Waals surface area contributed by atoms with Crippen LogP contribution in [-0.4, -0.2) is 38.2 Å². The summed E-state index contributed by atoms with van der Waals surface area (Å²) in [5.41, 5.74) is 0.508. The van der Waals surface area contributed by atoms with Crippen molar-refractivity contribution in [3.8, 4) is 5.75 Å². The molecule has 17 heavy (non-hydrogen) atoms. The van der Waals surface area contributed by atoms with Gasteiger partial charge in [0, 0.05) is 26.0 Å². The SMILES string of the molecule is COC(CNC(=O)Nc1cccc(O)c1)OC. The molecule has 6 heteroatoms. The Hall–Kier alpha value is -1.79. The topological polar surface area (TPSA) is 79.8 Å². The van der Waals surface area contributed by atoms with Crippen LogP contribution in [0.2, 0.25) is 0 Å². The van der Waals surface area contributed by atoms with Gasteiger partial charge in [-0.2, -0.15) is 0 Å². The van der Waals surface area contributed by atoms with Crippen molar-refractivity contribution in [3.05, 3.63) is 24.3 Å². The fourth-order valence-electron chi connectivity index (χ4n) is 1.20. The van der Waals surface area contributed by atoms with Crippen molar-refractivity contribution in [2.45, 2.75) is 6.29 Å². The van der Waals surface area contributed by atoms with Gasteiger partial charge in [-0.1, -0.05) is 6.07 Å². The summed E-state index contributed by atoms with van der Waals surface area (Å²) >= 11 is 0. The number of nitrogens with one attached hydrogen (secondary N) is 2. The Labute approximate surface area is 99.5 Å². The molecule has 0 aliphatic heterocycles. The van der Waals surface area contributed by atoms with Crippen molar-refractivity contribution in [3.63, 3.8) is 0 Å². The molecule has 1 aromatic carbocycles. The Balaban J connectivity index is 2.39. The summed E-state index contributed by atoms with van der Waals surface area (Å²) in [6.45, 7) is 0.234. The van der Waals surface area contributed by atoms with Crippen molar-refractivity contribution < 1.29 is 19.4 Å². The summed E-state index contributed by atoms with van der Waals surface area (Å²) in [5.74, 6) is 0.0921. The number of amides is 2. The van der Waals surface area contributed by atoms with Gasteiger partial charge in [-0.05, 0) is 12.1 Å². The van der Waals surface area contributed by atoms with Crippen LogP contribution in [0, 0.1) is 0 Å². The predicted molar refractivity (Wildman–Crippen MR) is 62.9 cm³/mol. The number of benzene rings is 1. The lowest BCUT2D eigenvalue weighted by Gasteiger charge is -2.14. The fraction of sp³-hybridized carbons (Fsp3) is 0.364. The van der Waals surface area contributed by atoms with Gasteiger partial charge >= 0.3 is 6.03 Å². The molecule has 0 saturated carbocycles. The molecular formula is C11H16N2O4. The first-order valence-corrected chi connectivity index (χ1v) is 5.05. The molecule has 94 valence electrons. The highest BCUT2D eigenvalue weighted by atomic mass is 16.7. The van der Waals surface area contributed by atoms with E-state index in [2.05, 4.69) is 10.6 Å². The van der Waals surface area contributed by atoms with Gasteiger partial charge < -0.3 is 25.2 Å². The number of hydrogen-bond acceptors (Lipinski definition) is 4. The Morgan fingerprint density at radius 1 is 1.41 bits per heavy atom. The van der Waals surface area contributed by atoms with Crippen molar-refractivity contribution >= 4 is 11.7 Å². The molecule has 1 aromatic rings. The van der Waals surface area contributed by atoms with Gasteiger partial charge in [0.15, 0.2) is 6.29 Å². The van der Waals surface area contributed by atoms with Crippen molar-refractivity contribution in [2.24, 2.45) is 0 Å². The van der Waals surface area contributed by atoms with Crippen LogP contribution in [0.5, 0.6) is 5.75 Å². The third-order valence-corrected chi connectivity index (χ3v) is 2.06. The molecule has 0 unspecified atom stereocenters. The van der Waals surface area contributed by atoms with E-state index in [1.165, 1.54) is 26.4 Å². The number of rotatable bonds is 5. The molecule has 0 fully saturated rings.